The molecule has 2 unspecified atom stereocenters. The minimum absolute atomic E-state index is 0.0651. The van der Waals surface area contributed by atoms with Gasteiger partial charge in [-0.15, -0.1) is 0 Å². The Labute approximate surface area is 103 Å². The van der Waals surface area contributed by atoms with Crippen LogP contribution in [-0.4, -0.2) is 22.3 Å². The van der Waals surface area contributed by atoms with Crippen molar-refractivity contribution >= 4 is 22.4 Å². The number of hydrogen-bond donors (Lipinski definition) is 1. The minimum Gasteiger partial charge on any atom is -0.311 e. The zero-order chi connectivity index (χ0) is 12.1. The van der Waals surface area contributed by atoms with Crippen LogP contribution in [0.25, 0.3) is 0 Å². The topological polar surface area (TPSA) is 29.1 Å². The molecule has 0 aliphatic carbocycles. The lowest BCUT2D eigenvalue weighted by molar-refractivity contribution is 0.585. The molecule has 5 heteroatoms. The van der Waals surface area contributed by atoms with Crippen LogP contribution in [0.3, 0.4) is 0 Å². The van der Waals surface area contributed by atoms with Crippen molar-refractivity contribution < 1.29 is 8.60 Å². The highest BCUT2D eigenvalue weighted by molar-refractivity contribution is 7.84. The Bertz CT molecular complexity index is 386. The molecular weight excluding hydrogens is 249 g/mol. The molecule has 0 radical (unpaired) electrons. The van der Waals surface area contributed by atoms with Gasteiger partial charge in [0.05, 0.1) is 0 Å². The standard InChI is InChI=1S/C11H15ClFNOS/c1-8(16(2)15)6-14-7-9-3-4-10(12)5-11(9)13/h3-5,8,14H,6-7H2,1-2H3. The van der Waals surface area contributed by atoms with Gasteiger partial charge in [-0.1, -0.05) is 17.7 Å². The van der Waals surface area contributed by atoms with Gasteiger partial charge in [-0.3, -0.25) is 4.21 Å². The highest BCUT2D eigenvalue weighted by Crippen LogP contribution is 2.14. The molecule has 16 heavy (non-hydrogen) atoms. The van der Waals surface area contributed by atoms with Crippen molar-refractivity contribution in [2.45, 2.75) is 18.7 Å². The van der Waals surface area contributed by atoms with E-state index in [0.717, 1.165) is 0 Å². The van der Waals surface area contributed by atoms with Crippen LogP contribution in [-0.2, 0) is 17.3 Å². The fourth-order valence-electron chi connectivity index (χ4n) is 1.19. The number of rotatable bonds is 5. The molecule has 2 nitrogen and oxygen atoms in total. The second-order valence-electron chi connectivity index (χ2n) is 3.68. The van der Waals surface area contributed by atoms with E-state index >= 15 is 0 Å². The monoisotopic (exact) mass is 263 g/mol. The van der Waals surface area contributed by atoms with Gasteiger partial charge >= 0.3 is 0 Å². The van der Waals surface area contributed by atoms with E-state index in [-0.39, 0.29) is 11.1 Å². The molecule has 0 bridgehead atoms. The maximum absolute atomic E-state index is 13.3. The Hall–Kier alpha value is -0.450. The van der Waals surface area contributed by atoms with Gasteiger partial charge in [0.15, 0.2) is 0 Å². The Kier molecular flexibility index (Phi) is 5.38. The Morgan fingerprint density at radius 3 is 2.81 bits per heavy atom. The molecule has 0 fully saturated rings. The van der Waals surface area contributed by atoms with Gasteiger partial charge in [-0.25, -0.2) is 4.39 Å². The van der Waals surface area contributed by atoms with Crippen molar-refractivity contribution in [2.24, 2.45) is 0 Å². The summed E-state index contributed by atoms with van der Waals surface area (Å²) in [5, 5.41) is 3.52. The van der Waals surface area contributed by atoms with E-state index < -0.39 is 10.8 Å². The smallest absolute Gasteiger partial charge is 0.129 e. The zero-order valence-corrected chi connectivity index (χ0v) is 10.9. The minimum atomic E-state index is -0.855. The number of nitrogens with one attached hydrogen (secondary N) is 1. The summed E-state index contributed by atoms with van der Waals surface area (Å²) in [6.07, 6.45) is 1.66. The average molecular weight is 264 g/mol. The van der Waals surface area contributed by atoms with Gasteiger partial charge in [0, 0.05) is 46.0 Å². The molecule has 0 aromatic heterocycles. The second kappa shape index (κ2) is 6.33. The summed E-state index contributed by atoms with van der Waals surface area (Å²) in [6.45, 7) is 2.91. The summed E-state index contributed by atoms with van der Waals surface area (Å²) in [6, 6.07) is 4.60. The van der Waals surface area contributed by atoms with Crippen molar-refractivity contribution in [1.29, 1.82) is 0 Å². The SMILES string of the molecule is CC(CNCc1ccc(Cl)cc1F)S(C)=O. The van der Waals surface area contributed by atoms with Crippen LogP contribution >= 0.6 is 11.6 Å². The first-order valence-corrected chi connectivity index (χ1v) is 6.97. The number of halogens is 2. The van der Waals surface area contributed by atoms with Crippen molar-refractivity contribution in [3.8, 4) is 0 Å². The molecule has 0 aliphatic heterocycles. The third-order valence-electron chi connectivity index (χ3n) is 2.33. The van der Waals surface area contributed by atoms with Crippen LogP contribution < -0.4 is 5.32 Å². The first kappa shape index (κ1) is 13.6. The lowest BCUT2D eigenvalue weighted by atomic mass is 10.2. The fourth-order valence-corrected chi connectivity index (χ4v) is 1.70. The molecule has 0 amide bonds. The van der Waals surface area contributed by atoms with E-state index in [9.17, 15) is 8.60 Å². The largest absolute Gasteiger partial charge is 0.311 e. The van der Waals surface area contributed by atoms with Gasteiger partial charge < -0.3 is 5.32 Å². The molecule has 1 aromatic carbocycles. The zero-order valence-electron chi connectivity index (χ0n) is 9.30. The summed E-state index contributed by atoms with van der Waals surface area (Å²) < 4.78 is 24.4. The van der Waals surface area contributed by atoms with Gasteiger partial charge in [0.25, 0.3) is 0 Å². The lowest BCUT2D eigenvalue weighted by Crippen LogP contribution is -2.27. The first-order chi connectivity index (χ1) is 7.50. The molecule has 1 aromatic rings. The highest BCUT2D eigenvalue weighted by Gasteiger charge is 2.06. The molecule has 1 N–H and O–H groups in total. The van der Waals surface area contributed by atoms with E-state index in [1.165, 1.54) is 6.07 Å². The Morgan fingerprint density at radius 1 is 1.56 bits per heavy atom. The van der Waals surface area contributed by atoms with Crippen LogP contribution in [0.4, 0.5) is 4.39 Å². The van der Waals surface area contributed by atoms with Crippen LogP contribution in [0.2, 0.25) is 5.02 Å². The molecule has 90 valence electrons. The maximum atomic E-state index is 13.3. The summed E-state index contributed by atoms with van der Waals surface area (Å²) in [5.41, 5.74) is 0.568. The van der Waals surface area contributed by atoms with E-state index in [4.69, 9.17) is 11.6 Å². The number of hydrogen-bond acceptors (Lipinski definition) is 2. The van der Waals surface area contributed by atoms with Gasteiger partial charge in [0.2, 0.25) is 0 Å². The van der Waals surface area contributed by atoms with E-state index in [0.29, 0.717) is 23.7 Å². The van der Waals surface area contributed by atoms with Crippen LogP contribution in [0.1, 0.15) is 12.5 Å². The third-order valence-corrected chi connectivity index (χ3v) is 3.86. The van der Waals surface area contributed by atoms with Crippen molar-refractivity contribution in [3.63, 3.8) is 0 Å². The summed E-state index contributed by atoms with van der Waals surface area (Å²) in [5.74, 6) is -0.315. The second-order valence-corrected chi connectivity index (χ2v) is 5.91. The summed E-state index contributed by atoms with van der Waals surface area (Å²) in [7, 11) is -0.855. The molecule has 0 saturated heterocycles. The average Bonchev–Trinajstić information content (AvgIpc) is 2.20. The third kappa shape index (κ3) is 4.20. The Balaban J connectivity index is 2.46. The predicted molar refractivity (Wildman–Crippen MR) is 66.6 cm³/mol. The Morgan fingerprint density at radius 2 is 2.25 bits per heavy atom. The highest BCUT2D eigenvalue weighted by atomic mass is 35.5. The fraction of sp³-hybridized carbons (Fsp3) is 0.455. The molecule has 1 rings (SSSR count). The molecule has 0 heterocycles. The molecule has 0 aliphatic rings. The quantitative estimate of drug-likeness (QED) is 0.884. The maximum Gasteiger partial charge on any atom is 0.129 e. The van der Waals surface area contributed by atoms with Crippen molar-refractivity contribution in [3.05, 3.63) is 34.6 Å². The molecule has 2 atom stereocenters. The van der Waals surface area contributed by atoms with Crippen LogP contribution in [0.5, 0.6) is 0 Å². The normalized spacial score (nSPS) is 14.8. The lowest BCUT2D eigenvalue weighted by Gasteiger charge is -2.10. The van der Waals surface area contributed by atoms with E-state index in [1.807, 2.05) is 6.92 Å². The van der Waals surface area contributed by atoms with Gasteiger partial charge in [-0.2, -0.15) is 0 Å². The molecule has 0 spiro atoms. The van der Waals surface area contributed by atoms with Crippen molar-refractivity contribution in [2.75, 3.05) is 12.8 Å². The molecular formula is C11H15ClFNOS. The van der Waals surface area contributed by atoms with Gasteiger partial charge in [-0.05, 0) is 19.1 Å². The van der Waals surface area contributed by atoms with Gasteiger partial charge in [0.1, 0.15) is 5.82 Å². The molecule has 0 saturated carbocycles. The van der Waals surface area contributed by atoms with Crippen LogP contribution in [0.15, 0.2) is 18.2 Å². The summed E-state index contributed by atoms with van der Waals surface area (Å²) in [4.78, 5) is 0. The van der Waals surface area contributed by atoms with E-state index in [1.54, 1.807) is 18.4 Å². The van der Waals surface area contributed by atoms with E-state index in [2.05, 4.69) is 5.32 Å². The summed E-state index contributed by atoms with van der Waals surface area (Å²) >= 11 is 5.64. The van der Waals surface area contributed by atoms with Crippen molar-refractivity contribution in [1.82, 2.24) is 5.32 Å². The predicted octanol–water partition coefficient (Wildman–Crippen LogP) is 2.34. The first-order valence-electron chi connectivity index (χ1n) is 4.97. The number of benzene rings is 1. The van der Waals surface area contributed by atoms with Crippen LogP contribution in [0, 0.1) is 5.82 Å².